The van der Waals surface area contributed by atoms with E-state index in [0.717, 1.165) is 64.0 Å². The first-order valence-corrected chi connectivity index (χ1v) is 10.5. The molecule has 1 fully saturated rings. The van der Waals surface area contributed by atoms with Crippen LogP contribution < -0.4 is 9.47 Å². The maximum absolute atomic E-state index is 5.97. The molecule has 2 aliphatic rings. The predicted molar refractivity (Wildman–Crippen MR) is 113 cm³/mol. The van der Waals surface area contributed by atoms with E-state index in [9.17, 15) is 0 Å². The number of hydrogen-bond acceptors (Lipinski definition) is 6. The van der Waals surface area contributed by atoms with Gasteiger partial charge in [0.1, 0.15) is 5.75 Å². The highest BCUT2D eigenvalue weighted by atomic mass is 16.5. The molecule has 1 atom stereocenters. The first-order valence-electron chi connectivity index (χ1n) is 10.5. The molecule has 2 aliphatic heterocycles. The molecule has 3 heterocycles. The normalized spacial score (nSPS) is 20.3. The SMILES string of the molecule is COc1ccc(C2CN(C)Cc3cc(OCCCN4CCOCC4)ncc32)cc1. The van der Waals surface area contributed by atoms with Gasteiger partial charge in [0.25, 0.3) is 0 Å². The van der Waals surface area contributed by atoms with Crippen LogP contribution in [0.4, 0.5) is 0 Å². The zero-order chi connectivity index (χ0) is 20.1. The topological polar surface area (TPSA) is 47.1 Å². The van der Waals surface area contributed by atoms with Gasteiger partial charge in [-0.3, -0.25) is 4.90 Å². The van der Waals surface area contributed by atoms with Crippen LogP contribution in [-0.4, -0.2) is 74.9 Å². The number of ether oxygens (including phenoxy) is 3. The Labute approximate surface area is 173 Å². The fraction of sp³-hybridized carbons (Fsp3) is 0.522. The summed E-state index contributed by atoms with van der Waals surface area (Å²) in [7, 11) is 3.87. The highest BCUT2D eigenvalue weighted by Gasteiger charge is 2.25. The number of hydrogen-bond donors (Lipinski definition) is 0. The van der Waals surface area contributed by atoms with Crippen molar-refractivity contribution in [1.82, 2.24) is 14.8 Å². The molecular weight excluding hydrogens is 366 g/mol. The third-order valence-electron chi connectivity index (χ3n) is 5.80. The zero-order valence-corrected chi connectivity index (χ0v) is 17.5. The molecule has 0 N–H and O–H groups in total. The zero-order valence-electron chi connectivity index (χ0n) is 17.5. The number of fused-ring (bicyclic) bond motifs is 1. The van der Waals surface area contributed by atoms with Gasteiger partial charge in [0, 0.05) is 50.9 Å². The van der Waals surface area contributed by atoms with E-state index in [0.29, 0.717) is 12.5 Å². The summed E-state index contributed by atoms with van der Waals surface area (Å²) < 4.78 is 16.7. The second kappa shape index (κ2) is 9.57. The van der Waals surface area contributed by atoms with E-state index in [1.807, 2.05) is 18.3 Å². The van der Waals surface area contributed by atoms with E-state index in [1.165, 1.54) is 16.7 Å². The van der Waals surface area contributed by atoms with Crippen LogP contribution in [0.1, 0.15) is 29.0 Å². The van der Waals surface area contributed by atoms with E-state index in [-0.39, 0.29) is 0 Å². The van der Waals surface area contributed by atoms with Gasteiger partial charge >= 0.3 is 0 Å². The number of aromatic nitrogens is 1. The Kier molecular flexibility index (Phi) is 6.64. The lowest BCUT2D eigenvalue weighted by Gasteiger charge is -2.32. The van der Waals surface area contributed by atoms with Crippen LogP contribution >= 0.6 is 0 Å². The molecule has 6 nitrogen and oxygen atoms in total. The van der Waals surface area contributed by atoms with Gasteiger partial charge in [0.15, 0.2) is 0 Å². The summed E-state index contributed by atoms with van der Waals surface area (Å²) >= 11 is 0. The summed E-state index contributed by atoms with van der Waals surface area (Å²) in [5.74, 6) is 1.93. The Morgan fingerprint density at radius 2 is 1.97 bits per heavy atom. The number of rotatable bonds is 7. The molecule has 1 aromatic carbocycles. The minimum Gasteiger partial charge on any atom is -0.497 e. The Morgan fingerprint density at radius 1 is 1.17 bits per heavy atom. The molecule has 29 heavy (non-hydrogen) atoms. The highest BCUT2D eigenvalue weighted by molar-refractivity contribution is 5.42. The van der Waals surface area contributed by atoms with Crippen molar-refractivity contribution in [2.24, 2.45) is 0 Å². The molecule has 0 spiro atoms. The molecule has 0 saturated carbocycles. The van der Waals surface area contributed by atoms with Crippen LogP contribution in [0.2, 0.25) is 0 Å². The van der Waals surface area contributed by atoms with Crippen molar-refractivity contribution in [1.29, 1.82) is 0 Å². The van der Waals surface area contributed by atoms with Crippen molar-refractivity contribution in [3.05, 3.63) is 53.2 Å². The van der Waals surface area contributed by atoms with Crippen molar-refractivity contribution in [2.75, 3.05) is 60.2 Å². The molecule has 0 bridgehead atoms. The fourth-order valence-corrected chi connectivity index (χ4v) is 4.19. The lowest BCUT2D eigenvalue weighted by atomic mass is 9.86. The monoisotopic (exact) mass is 397 g/mol. The van der Waals surface area contributed by atoms with Crippen molar-refractivity contribution in [3.8, 4) is 11.6 Å². The summed E-state index contributed by atoms with van der Waals surface area (Å²) in [6.07, 6.45) is 3.02. The minimum absolute atomic E-state index is 0.317. The number of pyridine rings is 1. The largest absolute Gasteiger partial charge is 0.497 e. The average molecular weight is 398 g/mol. The Bertz CT molecular complexity index is 790. The summed E-state index contributed by atoms with van der Waals surface area (Å²) in [4.78, 5) is 9.40. The van der Waals surface area contributed by atoms with E-state index in [2.05, 4.69) is 40.0 Å². The quantitative estimate of drug-likeness (QED) is 0.670. The smallest absolute Gasteiger partial charge is 0.213 e. The van der Waals surface area contributed by atoms with E-state index >= 15 is 0 Å². The van der Waals surface area contributed by atoms with Gasteiger partial charge in [0.05, 0.1) is 26.9 Å². The molecule has 0 radical (unpaired) electrons. The average Bonchev–Trinajstić information content (AvgIpc) is 2.77. The maximum atomic E-state index is 5.97. The van der Waals surface area contributed by atoms with Gasteiger partial charge in [-0.2, -0.15) is 0 Å². The number of nitrogens with zero attached hydrogens (tertiary/aromatic N) is 3. The van der Waals surface area contributed by atoms with Crippen LogP contribution in [0.25, 0.3) is 0 Å². The molecule has 0 aliphatic carbocycles. The molecule has 1 unspecified atom stereocenters. The van der Waals surface area contributed by atoms with E-state index in [4.69, 9.17) is 14.2 Å². The third-order valence-corrected chi connectivity index (χ3v) is 5.80. The van der Waals surface area contributed by atoms with Crippen LogP contribution in [0.15, 0.2) is 36.5 Å². The number of morpholine rings is 1. The van der Waals surface area contributed by atoms with Crippen molar-refractivity contribution < 1.29 is 14.2 Å². The molecule has 4 rings (SSSR count). The Morgan fingerprint density at radius 3 is 2.72 bits per heavy atom. The molecular formula is C23H31N3O3. The maximum Gasteiger partial charge on any atom is 0.213 e. The van der Waals surface area contributed by atoms with Crippen molar-refractivity contribution >= 4 is 0 Å². The van der Waals surface area contributed by atoms with Crippen LogP contribution in [-0.2, 0) is 11.3 Å². The van der Waals surface area contributed by atoms with Gasteiger partial charge in [0.2, 0.25) is 5.88 Å². The lowest BCUT2D eigenvalue weighted by molar-refractivity contribution is 0.0357. The summed E-state index contributed by atoms with van der Waals surface area (Å²) in [5.41, 5.74) is 3.89. The molecule has 1 aromatic heterocycles. The summed E-state index contributed by atoms with van der Waals surface area (Å²) in [6, 6.07) is 10.5. The van der Waals surface area contributed by atoms with Crippen molar-refractivity contribution in [2.45, 2.75) is 18.9 Å². The van der Waals surface area contributed by atoms with Crippen LogP contribution in [0.3, 0.4) is 0 Å². The van der Waals surface area contributed by atoms with Gasteiger partial charge in [-0.25, -0.2) is 4.98 Å². The van der Waals surface area contributed by atoms with E-state index < -0.39 is 0 Å². The lowest BCUT2D eigenvalue weighted by Crippen LogP contribution is -2.37. The van der Waals surface area contributed by atoms with Gasteiger partial charge in [-0.15, -0.1) is 0 Å². The van der Waals surface area contributed by atoms with Gasteiger partial charge < -0.3 is 19.1 Å². The summed E-state index contributed by atoms with van der Waals surface area (Å²) in [6.45, 7) is 7.39. The first kappa shape index (κ1) is 20.1. The second-order valence-electron chi connectivity index (χ2n) is 7.90. The standard InChI is InChI=1S/C23H31N3O3/c1-25-16-19-14-23(29-11-3-8-26-9-12-28-13-10-26)24-15-21(19)22(17-25)18-4-6-20(27-2)7-5-18/h4-7,14-15,22H,3,8-13,16-17H2,1-2H3. The molecule has 1 saturated heterocycles. The number of likely N-dealkylation sites (N-methyl/N-ethyl adjacent to an activating group) is 1. The molecule has 2 aromatic rings. The Hall–Kier alpha value is -2.15. The predicted octanol–water partition coefficient (Wildman–Crippen LogP) is 2.77. The van der Waals surface area contributed by atoms with Crippen LogP contribution in [0, 0.1) is 0 Å². The highest BCUT2D eigenvalue weighted by Crippen LogP contribution is 2.34. The minimum atomic E-state index is 0.317. The van der Waals surface area contributed by atoms with E-state index in [1.54, 1.807) is 7.11 Å². The fourth-order valence-electron chi connectivity index (χ4n) is 4.19. The summed E-state index contributed by atoms with van der Waals surface area (Å²) in [5, 5.41) is 0. The Balaban J connectivity index is 1.39. The van der Waals surface area contributed by atoms with Gasteiger partial charge in [-0.05, 0) is 42.3 Å². The van der Waals surface area contributed by atoms with Gasteiger partial charge in [-0.1, -0.05) is 12.1 Å². The number of benzene rings is 1. The second-order valence-corrected chi connectivity index (χ2v) is 7.90. The molecule has 6 heteroatoms. The molecule has 156 valence electrons. The molecule has 0 amide bonds. The number of methoxy groups -OCH3 is 1. The third kappa shape index (κ3) is 5.07. The first-order chi connectivity index (χ1) is 14.2. The van der Waals surface area contributed by atoms with Crippen LogP contribution in [0.5, 0.6) is 11.6 Å². The van der Waals surface area contributed by atoms with Crippen molar-refractivity contribution in [3.63, 3.8) is 0 Å².